The first-order valence-electron chi connectivity index (χ1n) is 7.14. The summed E-state index contributed by atoms with van der Waals surface area (Å²) in [7, 11) is 3.12. The molecule has 2 amide bonds. The molecule has 0 radical (unpaired) electrons. The van der Waals surface area contributed by atoms with Crippen molar-refractivity contribution in [3.8, 4) is 11.5 Å². The Hall–Kier alpha value is -2.21. The Bertz CT molecular complexity index is 677. The van der Waals surface area contributed by atoms with Gasteiger partial charge < -0.3 is 20.1 Å². The van der Waals surface area contributed by atoms with Gasteiger partial charge in [0.1, 0.15) is 0 Å². The fraction of sp³-hybridized carbons (Fsp3) is 0.235. The predicted octanol–water partition coefficient (Wildman–Crippen LogP) is 3.83. The first-order chi connectivity index (χ1) is 11.1. The number of carbonyl (C=O) groups excluding carboxylic acids is 1. The summed E-state index contributed by atoms with van der Waals surface area (Å²) in [6.45, 7) is 0.543. The van der Waals surface area contributed by atoms with Crippen LogP contribution in [0.4, 0.5) is 10.5 Å². The van der Waals surface area contributed by atoms with Gasteiger partial charge in [-0.05, 0) is 30.2 Å². The number of ether oxygens (including phenoxy) is 2. The normalized spacial score (nSPS) is 10.0. The molecule has 0 aliphatic heterocycles. The Balaban J connectivity index is 1.86. The Kier molecular flexibility index (Phi) is 6.29. The van der Waals surface area contributed by atoms with E-state index in [4.69, 9.17) is 9.47 Å². The van der Waals surface area contributed by atoms with Crippen LogP contribution in [-0.2, 0) is 6.42 Å². The van der Waals surface area contributed by atoms with Crippen molar-refractivity contribution in [3.05, 3.63) is 52.5 Å². The number of anilines is 1. The number of hydrogen-bond donors (Lipinski definition) is 2. The SMILES string of the molecule is COc1ccc(NC(=O)NCCc2ccccc2Br)cc1OC. The first-order valence-corrected chi connectivity index (χ1v) is 7.93. The van der Waals surface area contributed by atoms with Gasteiger partial charge in [-0.1, -0.05) is 34.1 Å². The van der Waals surface area contributed by atoms with Gasteiger partial charge >= 0.3 is 6.03 Å². The highest BCUT2D eigenvalue weighted by molar-refractivity contribution is 9.10. The summed E-state index contributed by atoms with van der Waals surface area (Å²) in [5.74, 6) is 1.19. The molecule has 2 aromatic rings. The molecule has 5 nitrogen and oxygen atoms in total. The highest BCUT2D eigenvalue weighted by Crippen LogP contribution is 2.29. The minimum Gasteiger partial charge on any atom is -0.493 e. The maximum atomic E-state index is 11.9. The third-order valence-corrected chi connectivity index (χ3v) is 4.05. The van der Waals surface area contributed by atoms with Crippen molar-refractivity contribution in [2.75, 3.05) is 26.1 Å². The van der Waals surface area contributed by atoms with Gasteiger partial charge in [-0.2, -0.15) is 0 Å². The third-order valence-electron chi connectivity index (χ3n) is 3.28. The number of halogens is 1. The van der Waals surface area contributed by atoms with Crippen LogP contribution in [-0.4, -0.2) is 26.8 Å². The van der Waals surface area contributed by atoms with Crippen LogP contribution in [0.1, 0.15) is 5.56 Å². The molecule has 0 spiro atoms. The third kappa shape index (κ3) is 4.89. The van der Waals surface area contributed by atoms with E-state index in [0.717, 1.165) is 16.5 Å². The molecule has 0 aliphatic carbocycles. The maximum absolute atomic E-state index is 11.9. The number of hydrogen-bond acceptors (Lipinski definition) is 3. The van der Waals surface area contributed by atoms with Crippen molar-refractivity contribution in [3.63, 3.8) is 0 Å². The average Bonchev–Trinajstić information content (AvgIpc) is 2.56. The van der Waals surface area contributed by atoms with Crippen LogP contribution >= 0.6 is 15.9 Å². The number of methoxy groups -OCH3 is 2. The molecule has 0 atom stereocenters. The van der Waals surface area contributed by atoms with Crippen molar-refractivity contribution in [1.29, 1.82) is 0 Å². The van der Waals surface area contributed by atoms with E-state index in [9.17, 15) is 4.79 Å². The lowest BCUT2D eigenvalue weighted by Crippen LogP contribution is -2.30. The van der Waals surface area contributed by atoms with Gasteiger partial charge in [-0.25, -0.2) is 4.79 Å². The number of amides is 2. The Morgan fingerprint density at radius 3 is 2.52 bits per heavy atom. The Morgan fingerprint density at radius 1 is 1.09 bits per heavy atom. The van der Waals surface area contributed by atoms with E-state index >= 15 is 0 Å². The summed E-state index contributed by atoms with van der Waals surface area (Å²) < 4.78 is 11.4. The summed E-state index contributed by atoms with van der Waals surface area (Å²) >= 11 is 3.49. The van der Waals surface area contributed by atoms with Crippen LogP contribution in [0, 0.1) is 0 Å². The van der Waals surface area contributed by atoms with Crippen LogP contribution in [0.5, 0.6) is 11.5 Å². The van der Waals surface area contributed by atoms with Crippen molar-refractivity contribution >= 4 is 27.6 Å². The molecule has 2 rings (SSSR count). The molecule has 0 bridgehead atoms. The lowest BCUT2D eigenvalue weighted by atomic mass is 10.1. The quantitative estimate of drug-likeness (QED) is 0.802. The average molecular weight is 379 g/mol. The maximum Gasteiger partial charge on any atom is 0.319 e. The molecule has 0 heterocycles. The molecule has 122 valence electrons. The van der Waals surface area contributed by atoms with Crippen molar-refractivity contribution < 1.29 is 14.3 Å². The highest BCUT2D eigenvalue weighted by atomic mass is 79.9. The van der Waals surface area contributed by atoms with Crippen LogP contribution in [0.3, 0.4) is 0 Å². The molecule has 0 aliphatic rings. The highest BCUT2D eigenvalue weighted by Gasteiger charge is 2.07. The van der Waals surface area contributed by atoms with Crippen LogP contribution in [0.2, 0.25) is 0 Å². The summed E-state index contributed by atoms with van der Waals surface area (Å²) in [6, 6.07) is 12.9. The largest absolute Gasteiger partial charge is 0.493 e. The molecular formula is C17H19BrN2O3. The monoisotopic (exact) mass is 378 g/mol. The molecule has 0 saturated heterocycles. The van der Waals surface area contributed by atoms with E-state index < -0.39 is 0 Å². The summed E-state index contributed by atoms with van der Waals surface area (Å²) in [4.78, 5) is 11.9. The van der Waals surface area contributed by atoms with Gasteiger partial charge in [0.15, 0.2) is 11.5 Å². The Morgan fingerprint density at radius 2 is 1.83 bits per heavy atom. The van der Waals surface area contributed by atoms with Crippen molar-refractivity contribution in [2.24, 2.45) is 0 Å². The van der Waals surface area contributed by atoms with Gasteiger partial charge in [-0.3, -0.25) is 0 Å². The van der Waals surface area contributed by atoms with Gasteiger partial charge in [0, 0.05) is 22.8 Å². The molecule has 0 unspecified atom stereocenters. The smallest absolute Gasteiger partial charge is 0.319 e. The van der Waals surface area contributed by atoms with E-state index in [1.54, 1.807) is 32.4 Å². The number of nitrogens with one attached hydrogen (secondary N) is 2. The minimum atomic E-state index is -0.260. The predicted molar refractivity (Wildman–Crippen MR) is 94.4 cm³/mol. The van der Waals surface area contributed by atoms with Gasteiger partial charge in [0.25, 0.3) is 0 Å². The first kappa shape index (κ1) is 17.1. The summed E-state index contributed by atoms with van der Waals surface area (Å²) in [6.07, 6.45) is 0.751. The van der Waals surface area contributed by atoms with Crippen LogP contribution in [0.15, 0.2) is 46.9 Å². The van der Waals surface area contributed by atoms with Crippen LogP contribution < -0.4 is 20.1 Å². The molecule has 0 fully saturated rings. The zero-order valence-electron chi connectivity index (χ0n) is 13.1. The standard InChI is InChI=1S/C17H19BrN2O3/c1-22-15-8-7-13(11-16(15)23-2)20-17(21)19-10-9-12-5-3-4-6-14(12)18/h3-8,11H,9-10H2,1-2H3,(H2,19,20,21). The molecule has 23 heavy (non-hydrogen) atoms. The summed E-state index contributed by atoms with van der Waals surface area (Å²) in [5.41, 5.74) is 1.79. The topological polar surface area (TPSA) is 59.6 Å². The van der Waals surface area contributed by atoms with E-state index in [-0.39, 0.29) is 6.03 Å². The second-order valence-electron chi connectivity index (χ2n) is 4.79. The zero-order valence-corrected chi connectivity index (χ0v) is 14.6. The van der Waals surface area contributed by atoms with Crippen LogP contribution in [0.25, 0.3) is 0 Å². The second-order valence-corrected chi connectivity index (χ2v) is 5.65. The van der Waals surface area contributed by atoms with E-state index in [0.29, 0.717) is 23.7 Å². The molecule has 0 aromatic heterocycles. The molecule has 6 heteroatoms. The number of carbonyl (C=O) groups is 1. The van der Waals surface area contributed by atoms with E-state index in [1.807, 2.05) is 24.3 Å². The fourth-order valence-electron chi connectivity index (χ4n) is 2.10. The Labute approximate surface area is 144 Å². The zero-order chi connectivity index (χ0) is 16.7. The van der Waals surface area contributed by atoms with Gasteiger partial charge in [0.2, 0.25) is 0 Å². The van der Waals surface area contributed by atoms with E-state index in [1.165, 1.54) is 0 Å². The number of benzene rings is 2. The lowest BCUT2D eigenvalue weighted by molar-refractivity contribution is 0.252. The van der Waals surface area contributed by atoms with Gasteiger partial charge in [-0.15, -0.1) is 0 Å². The lowest BCUT2D eigenvalue weighted by Gasteiger charge is -2.11. The second kappa shape index (κ2) is 8.43. The minimum absolute atomic E-state index is 0.260. The van der Waals surface area contributed by atoms with Gasteiger partial charge in [0.05, 0.1) is 14.2 Å². The molecule has 2 aromatic carbocycles. The molecule has 0 saturated carbocycles. The van der Waals surface area contributed by atoms with E-state index in [2.05, 4.69) is 26.6 Å². The fourth-order valence-corrected chi connectivity index (χ4v) is 2.58. The van der Waals surface area contributed by atoms with Crippen molar-refractivity contribution in [2.45, 2.75) is 6.42 Å². The number of urea groups is 1. The molecular weight excluding hydrogens is 360 g/mol. The molecule has 2 N–H and O–H groups in total. The number of rotatable bonds is 6. The summed E-state index contributed by atoms with van der Waals surface area (Å²) in [5, 5.41) is 5.60. The van der Waals surface area contributed by atoms with Crippen molar-refractivity contribution in [1.82, 2.24) is 5.32 Å².